The van der Waals surface area contributed by atoms with Gasteiger partial charge in [-0.1, -0.05) is 36.4 Å². The number of carboxylic acids is 1. The number of carboxylic acid groups (broad SMARTS) is 1. The third-order valence-electron chi connectivity index (χ3n) is 3.22. The van der Waals surface area contributed by atoms with Crippen LogP contribution in [0.25, 0.3) is 21.5 Å². The molecule has 4 heteroatoms. The van der Waals surface area contributed by atoms with Gasteiger partial charge in [0, 0.05) is 21.5 Å². The normalized spacial score (nSPS) is 10.9. The van der Waals surface area contributed by atoms with Crippen LogP contribution in [0.15, 0.2) is 42.5 Å². The van der Waals surface area contributed by atoms with Crippen molar-refractivity contribution in [3.8, 4) is 11.5 Å². The van der Waals surface area contributed by atoms with Crippen LogP contribution in [0, 0.1) is 0 Å². The van der Waals surface area contributed by atoms with Crippen molar-refractivity contribution in [2.24, 2.45) is 0 Å². The zero-order chi connectivity index (χ0) is 13.6. The van der Waals surface area contributed by atoms with E-state index >= 15 is 0 Å². The molecule has 0 bridgehead atoms. The van der Waals surface area contributed by atoms with Gasteiger partial charge in [-0.3, -0.25) is 0 Å². The van der Waals surface area contributed by atoms with Crippen molar-refractivity contribution in [3.63, 3.8) is 0 Å². The Kier molecular flexibility index (Phi) is 2.32. The Morgan fingerprint density at radius 2 is 1.37 bits per heavy atom. The molecule has 3 rings (SSSR count). The van der Waals surface area contributed by atoms with E-state index in [0.717, 1.165) is 0 Å². The summed E-state index contributed by atoms with van der Waals surface area (Å²) >= 11 is 0. The van der Waals surface area contributed by atoms with E-state index in [1.807, 2.05) is 0 Å². The Bertz CT molecular complexity index is 821. The molecule has 0 aliphatic heterocycles. The summed E-state index contributed by atoms with van der Waals surface area (Å²) in [5.74, 6) is -1.29. The number of carbonyl (C=O) groups is 1. The number of hydrogen-bond donors (Lipinski definition) is 3. The van der Waals surface area contributed by atoms with Crippen molar-refractivity contribution < 1.29 is 20.1 Å². The van der Waals surface area contributed by atoms with Crippen molar-refractivity contribution in [3.05, 3.63) is 48.0 Å². The quantitative estimate of drug-likeness (QED) is 0.460. The van der Waals surface area contributed by atoms with E-state index in [1.165, 1.54) is 6.07 Å². The van der Waals surface area contributed by atoms with Gasteiger partial charge in [0.25, 0.3) is 0 Å². The summed E-state index contributed by atoms with van der Waals surface area (Å²) in [6.07, 6.45) is 0. The highest BCUT2D eigenvalue weighted by atomic mass is 16.4. The van der Waals surface area contributed by atoms with Gasteiger partial charge in [0.2, 0.25) is 0 Å². The monoisotopic (exact) mass is 254 g/mol. The van der Waals surface area contributed by atoms with E-state index in [-0.39, 0.29) is 22.4 Å². The summed E-state index contributed by atoms with van der Waals surface area (Å²) in [5, 5.41) is 31.1. The molecule has 0 fully saturated rings. The molecule has 0 saturated carbocycles. The molecule has 0 aliphatic carbocycles. The topological polar surface area (TPSA) is 77.8 Å². The maximum atomic E-state index is 11.2. The molecule has 0 saturated heterocycles. The third kappa shape index (κ3) is 1.50. The van der Waals surface area contributed by atoms with Gasteiger partial charge in [-0.2, -0.15) is 0 Å². The average Bonchev–Trinajstić information content (AvgIpc) is 2.44. The first-order valence-corrected chi connectivity index (χ1v) is 5.70. The molecule has 0 heterocycles. The van der Waals surface area contributed by atoms with Gasteiger partial charge < -0.3 is 15.3 Å². The Balaban J connectivity index is 2.64. The number of phenolic OH excluding ortho intramolecular Hbond substituents is 2. The van der Waals surface area contributed by atoms with Gasteiger partial charge in [-0.25, -0.2) is 4.79 Å². The van der Waals surface area contributed by atoms with Crippen LogP contribution < -0.4 is 0 Å². The van der Waals surface area contributed by atoms with Gasteiger partial charge in [-0.05, 0) is 6.07 Å². The Morgan fingerprint density at radius 1 is 0.789 bits per heavy atom. The molecule has 3 aromatic carbocycles. The lowest BCUT2D eigenvalue weighted by atomic mass is 9.97. The van der Waals surface area contributed by atoms with Crippen LogP contribution >= 0.6 is 0 Å². The van der Waals surface area contributed by atoms with E-state index < -0.39 is 5.97 Å². The van der Waals surface area contributed by atoms with E-state index in [0.29, 0.717) is 16.2 Å². The molecule has 0 amide bonds. The molecular formula is C15H10O4. The molecular weight excluding hydrogens is 244 g/mol. The summed E-state index contributed by atoms with van der Waals surface area (Å²) in [7, 11) is 0. The molecule has 0 radical (unpaired) electrons. The summed E-state index contributed by atoms with van der Waals surface area (Å²) in [5.41, 5.74) is -0.0314. The fraction of sp³-hybridized carbons (Fsp3) is 0. The van der Waals surface area contributed by atoms with Crippen molar-refractivity contribution in [2.75, 3.05) is 0 Å². The second kappa shape index (κ2) is 3.88. The molecule has 0 unspecified atom stereocenters. The SMILES string of the molecule is O=C(O)c1cccc2c(O)c3ccccc3c(O)c12. The first-order chi connectivity index (χ1) is 9.11. The fourth-order valence-corrected chi connectivity index (χ4v) is 2.36. The van der Waals surface area contributed by atoms with Crippen LogP contribution in [0.5, 0.6) is 11.5 Å². The van der Waals surface area contributed by atoms with Gasteiger partial charge >= 0.3 is 5.97 Å². The molecule has 19 heavy (non-hydrogen) atoms. The van der Waals surface area contributed by atoms with Crippen LogP contribution in [0.3, 0.4) is 0 Å². The maximum Gasteiger partial charge on any atom is 0.336 e. The number of aromatic hydroxyl groups is 2. The predicted octanol–water partition coefficient (Wildman–Crippen LogP) is 3.10. The Hall–Kier alpha value is -2.75. The number of rotatable bonds is 1. The molecule has 0 spiro atoms. The van der Waals surface area contributed by atoms with E-state index in [1.54, 1.807) is 36.4 Å². The second-order valence-electron chi connectivity index (χ2n) is 4.28. The predicted molar refractivity (Wildman–Crippen MR) is 71.7 cm³/mol. The lowest BCUT2D eigenvalue weighted by Crippen LogP contribution is -1.97. The fourth-order valence-electron chi connectivity index (χ4n) is 2.36. The molecule has 0 aliphatic rings. The number of aromatic carboxylic acids is 1. The van der Waals surface area contributed by atoms with Crippen molar-refractivity contribution in [1.82, 2.24) is 0 Å². The van der Waals surface area contributed by atoms with Crippen molar-refractivity contribution >= 4 is 27.5 Å². The number of phenols is 2. The summed E-state index contributed by atoms with van der Waals surface area (Å²) < 4.78 is 0. The first-order valence-electron chi connectivity index (χ1n) is 5.70. The highest BCUT2D eigenvalue weighted by molar-refractivity contribution is 6.16. The molecule has 3 aromatic rings. The minimum absolute atomic E-state index is 0.0218. The van der Waals surface area contributed by atoms with Crippen LogP contribution in [-0.2, 0) is 0 Å². The minimum atomic E-state index is -1.14. The molecule has 94 valence electrons. The lowest BCUT2D eigenvalue weighted by molar-refractivity contribution is 0.0699. The molecule has 4 nitrogen and oxygen atoms in total. The molecule has 0 aromatic heterocycles. The first kappa shape index (κ1) is 11.3. The van der Waals surface area contributed by atoms with Crippen molar-refractivity contribution in [1.29, 1.82) is 0 Å². The molecule has 3 N–H and O–H groups in total. The van der Waals surface area contributed by atoms with Gasteiger partial charge in [0.05, 0.1) is 5.56 Å². The van der Waals surface area contributed by atoms with Crippen LogP contribution in [-0.4, -0.2) is 21.3 Å². The smallest absolute Gasteiger partial charge is 0.336 e. The Labute approximate surface area is 108 Å². The van der Waals surface area contributed by atoms with Crippen molar-refractivity contribution in [2.45, 2.75) is 0 Å². The summed E-state index contributed by atoms with van der Waals surface area (Å²) in [4.78, 5) is 11.2. The van der Waals surface area contributed by atoms with Gasteiger partial charge in [0.15, 0.2) is 0 Å². The van der Waals surface area contributed by atoms with Gasteiger partial charge in [0.1, 0.15) is 11.5 Å². The lowest BCUT2D eigenvalue weighted by Gasteiger charge is -2.11. The third-order valence-corrected chi connectivity index (χ3v) is 3.22. The minimum Gasteiger partial charge on any atom is -0.507 e. The zero-order valence-electron chi connectivity index (χ0n) is 9.79. The van der Waals surface area contributed by atoms with E-state index in [4.69, 9.17) is 0 Å². The van der Waals surface area contributed by atoms with E-state index in [9.17, 15) is 20.1 Å². The average molecular weight is 254 g/mol. The number of benzene rings is 3. The summed E-state index contributed by atoms with van der Waals surface area (Å²) in [6.45, 7) is 0. The van der Waals surface area contributed by atoms with Crippen LogP contribution in [0.4, 0.5) is 0 Å². The Morgan fingerprint density at radius 3 is 2.00 bits per heavy atom. The van der Waals surface area contributed by atoms with E-state index in [2.05, 4.69) is 0 Å². The number of hydrogen-bond acceptors (Lipinski definition) is 3. The number of fused-ring (bicyclic) bond motifs is 2. The highest BCUT2D eigenvalue weighted by Gasteiger charge is 2.17. The van der Waals surface area contributed by atoms with Gasteiger partial charge in [-0.15, -0.1) is 0 Å². The maximum absolute atomic E-state index is 11.2. The standard InChI is InChI=1S/C15H10O4/c16-13-8-4-1-2-5-9(8)14(17)12-10(13)6-3-7-11(12)15(18)19/h1-7,16-17H,(H,18,19). The largest absolute Gasteiger partial charge is 0.507 e. The van der Waals surface area contributed by atoms with Crippen LogP contribution in [0.1, 0.15) is 10.4 Å². The summed E-state index contributed by atoms with van der Waals surface area (Å²) in [6, 6.07) is 11.3. The molecule has 0 atom stereocenters. The zero-order valence-corrected chi connectivity index (χ0v) is 9.79. The highest BCUT2D eigenvalue weighted by Crippen LogP contribution is 2.42. The van der Waals surface area contributed by atoms with Crippen LogP contribution in [0.2, 0.25) is 0 Å². The second-order valence-corrected chi connectivity index (χ2v) is 4.28.